The van der Waals surface area contributed by atoms with Crippen LogP contribution in [-0.4, -0.2) is 25.2 Å². The van der Waals surface area contributed by atoms with Crippen LogP contribution in [0.1, 0.15) is 5.56 Å². The first kappa shape index (κ1) is 15.3. The zero-order chi connectivity index (χ0) is 15.3. The number of halogens is 3. The average Bonchev–Trinajstić information content (AvgIpc) is 2.45. The molecule has 0 unspecified atom stereocenters. The molecule has 6 heteroatoms. The fraction of sp³-hybridized carbons (Fsp3) is 0.267. The van der Waals surface area contributed by atoms with E-state index in [4.69, 9.17) is 0 Å². The fourth-order valence-electron chi connectivity index (χ4n) is 2.02. The summed E-state index contributed by atoms with van der Waals surface area (Å²) in [5, 5.41) is 6.81. The van der Waals surface area contributed by atoms with Crippen molar-refractivity contribution in [1.29, 1.82) is 0 Å². The van der Waals surface area contributed by atoms with Crippen molar-refractivity contribution in [2.45, 2.75) is 12.7 Å². The number of amides is 1. The summed E-state index contributed by atoms with van der Waals surface area (Å²) in [6.45, 7) is -1.04. The van der Waals surface area contributed by atoms with Crippen molar-refractivity contribution in [3.63, 3.8) is 0 Å². The number of hydrogen-bond donors (Lipinski definition) is 2. The number of hydrogen-bond acceptors (Lipinski definition) is 2. The second kappa shape index (κ2) is 6.58. The van der Waals surface area contributed by atoms with E-state index in [9.17, 15) is 18.0 Å². The van der Waals surface area contributed by atoms with Gasteiger partial charge in [-0.15, -0.1) is 0 Å². The maximum Gasteiger partial charge on any atom is 0.405 e. The minimum atomic E-state index is -4.38. The van der Waals surface area contributed by atoms with Gasteiger partial charge in [0.15, 0.2) is 0 Å². The smallest absolute Gasteiger partial charge is 0.346 e. The second-order valence-corrected chi connectivity index (χ2v) is 4.63. The minimum absolute atomic E-state index is 0.153. The Morgan fingerprint density at radius 3 is 2.52 bits per heavy atom. The summed E-state index contributed by atoms with van der Waals surface area (Å²) in [5.74, 6) is -0.674. The van der Waals surface area contributed by atoms with Gasteiger partial charge in [0.05, 0.1) is 6.54 Å². The molecule has 0 fully saturated rings. The molecule has 0 saturated carbocycles. The third-order valence-corrected chi connectivity index (χ3v) is 2.97. The molecule has 2 aromatic rings. The van der Waals surface area contributed by atoms with E-state index in [0.29, 0.717) is 6.54 Å². The lowest BCUT2D eigenvalue weighted by atomic mass is 10.0. The van der Waals surface area contributed by atoms with Gasteiger partial charge in [0.25, 0.3) is 0 Å². The highest BCUT2D eigenvalue weighted by atomic mass is 19.4. The molecular formula is C15H15F3N2O. The number of fused-ring (bicyclic) bond motifs is 1. The standard InChI is InChI=1S/C15H15F3N2O/c16-15(17,18)10-20-14(21)9-19-8-12-6-3-5-11-4-1-2-7-13(11)12/h1-7,19H,8-10H2,(H,20,21). The van der Waals surface area contributed by atoms with Gasteiger partial charge in [0, 0.05) is 6.54 Å². The summed E-state index contributed by atoms with van der Waals surface area (Å²) in [5.41, 5.74) is 0.997. The lowest BCUT2D eigenvalue weighted by molar-refractivity contribution is -0.137. The normalized spacial score (nSPS) is 11.6. The van der Waals surface area contributed by atoms with Crippen LogP contribution in [0.2, 0.25) is 0 Å². The van der Waals surface area contributed by atoms with Gasteiger partial charge >= 0.3 is 6.18 Å². The molecule has 2 aromatic carbocycles. The van der Waals surface area contributed by atoms with Crippen molar-refractivity contribution >= 4 is 16.7 Å². The van der Waals surface area contributed by atoms with Crippen LogP contribution in [0.25, 0.3) is 10.8 Å². The first-order valence-corrected chi connectivity index (χ1v) is 6.46. The Labute approximate surface area is 120 Å². The van der Waals surface area contributed by atoms with Crippen LogP contribution in [0.4, 0.5) is 13.2 Å². The first-order chi connectivity index (χ1) is 9.96. The number of carbonyl (C=O) groups excluding carboxylic acids is 1. The number of carbonyl (C=O) groups is 1. The molecule has 0 saturated heterocycles. The van der Waals surface area contributed by atoms with Crippen molar-refractivity contribution < 1.29 is 18.0 Å². The first-order valence-electron chi connectivity index (χ1n) is 6.46. The quantitative estimate of drug-likeness (QED) is 0.890. The summed E-state index contributed by atoms with van der Waals surface area (Å²) in [7, 11) is 0. The van der Waals surface area contributed by atoms with Gasteiger partial charge in [-0.1, -0.05) is 42.5 Å². The van der Waals surface area contributed by atoms with E-state index in [1.165, 1.54) is 0 Å². The summed E-state index contributed by atoms with van der Waals surface area (Å²) in [6.07, 6.45) is -4.38. The lowest BCUT2D eigenvalue weighted by Crippen LogP contribution is -2.39. The van der Waals surface area contributed by atoms with Gasteiger partial charge in [-0.3, -0.25) is 4.79 Å². The highest BCUT2D eigenvalue weighted by Crippen LogP contribution is 2.18. The summed E-state index contributed by atoms with van der Waals surface area (Å²) < 4.78 is 35.8. The van der Waals surface area contributed by atoms with E-state index in [-0.39, 0.29) is 6.54 Å². The van der Waals surface area contributed by atoms with Crippen molar-refractivity contribution in [3.05, 3.63) is 48.0 Å². The fourth-order valence-corrected chi connectivity index (χ4v) is 2.02. The monoisotopic (exact) mass is 296 g/mol. The number of rotatable bonds is 5. The van der Waals surface area contributed by atoms with Gasteiger partial charge < -0.3 is 10.6 Å². The van der Waals surface area contributed by atoms with Crippen LogP contribution in [-0.2, 0) is 11.3 Å². The lowest BCUT2D eigenvalue weighted by Gasteiger charge is -2.10. The number of nitrogens with one attached hydrogen (secondary N) is 2. The molecule has 0 spiro atoms. The maximum absolute atomic E-state index is 11.9. The molecular weight excluding hydrogens is 281 g/mol. The molecule has 0 aliphatic rings. The van der Waals surface area contributed by atoms with Gasteiger partial charge in [-0.2, -0.15) is 13.2 Å². The Hall–Kier alpha value is -2.08. The van der Waals surface area contributed by atoms with E-state index in [2.05, 4.69) is 5.32 Å². The molecule has 0 radical (unpaired) electrons. The van der Waals surface area contributed by atoms with Gasteiger partial charge in [-0.25, -0.2) is 0 Å². The van der Waals surface area contributed by atoms with E-state index in [0.717, 1.165) is 16.3 Å². The average molecular weight is 296 g/mol. The van der Waals surface area contributed by atoms with Gasteiger partial charge in [-0.05, 0) is 16.3 Å². The summed E-state index contributed by atoms with van der Waals surface area (Å²) in [4.78, 5) is 11.3. The molecule has 0 bridgehead atoms. The molecule has 2 rings (SSSR count). The number of benzene rings is 2. The molecule has 112 valence electrons. The third kappa shape index (κ3) is 4.75. The molecule has 2 N–H and O–H groups in total. The predicted octanol–water partition coefficient (Wildman–Crippen LogP) is 2.61. The molecule has 0 aliphatic heterocycles. The second-order valence-electron chi connectivity index (χ2n) is 4.63. The van der Waals surface area contributed by atoms with Crippen molar-refractivity contribution in [2.75, 3.05) is 13.1 Å². The van der Waals surface area contributed by atoms with Gasteiger partial charge in [0.2, 0.25) is 5.91 Å². The van der Waals surface area contributed by atoms with E-state index in [1.807, 2.05) is 47.8 Å². The van der Waals surface area contributed by atoms with Crippen LogP contribution in [0.3, 0.4) is 0 Å². The zero-order valence-corrected chi connectivity index (χ0v) is 11.2. The van der Waals surface area contributed by atoms with Gasteiger partial charge in [0.1, 0.15) is 6.54 Å². The van der Waals surface area contributed by atoms with Crippen LogP contribution >= 0.6 is 0 Å². The molecule has 0 atom stereocenters. The molecule has 21 heavy (non-hydrogen) atoms. The van der Waals surface area contributed by atoms with Crippen molar-refractivity contribution in [3.8, 4) is 0 Å². The predicted molar refractivity (Wildman–Crippen MR) is 74.7 cm³/mol. The van der Waals surface area contributed by atoms with E-state index < -0.39 is 18.6 Å². The molecule has 0 heterocycles. The molecule has 0 aliphatic carbocycles. The van der Waals surface area contributed by atoms with E-state index >= 15 is 0 Å². The Kier molecular flexibility index (Phi) is 4.80. The van der Waals surface area contributed by atoms with Crippen molar-refractivity contribution in [2.24, 2.45) is 0 Å². The van der Waals surface area contributed by atoms with Crippen molar-refractivity contribution in [1.82, 2.24) is 10.6 Å². The summed E-state index contributed by atoms with van der Waals surface area (Å²) >= 11 is 0. The van der Waals surface area contributed by atoms with Crippen LogP contribution in [0.5, 0.6) is 0 Å². The molecule has 0 aromatic heterocycles. The topological polar surface area (TPSA) is 41.1 Å². The van der Waals surface area contributed by atoms with Crippen LogP contribution in [0.15, 0.2) is 42.5 Å². The highest BCUT2D eigenvalue weighted by Gasteiger charge is 2.27. The number of alkyl halides is 3. The Morgan fingerprint density at radius 2 is 1.76 bits per heavy atom. The Morgan fingerprint density at radius 1 is 1.05 bits per heavy atom. The van der Waals surface area contributed by atoms with E-state index in [1.54, 1.807) is 0 Å². The zero-order valence-electron chi connectivity index (χ0n) is 11.2. The maximum atomic E-state index is 11.9. The molecule has 3 nitrogen and oxygen atoms in total. The Bertz CT molecular complexity index is 620. The largest absolute Gasteiger partial charge is 0.405 e. The van der Waals surface area contributed by atoms with Crippen LogP contribution < -0.4 is 10.6 Å². The third-order valence-electron chi connectivity index (χ3n) is 2.97. The Balaban J connectivity index is 1.87. The highest BCUT2D eigenvalue weighted by molar-refractivity contribution is 5.85. The SMILES string of the molecule is O=C(CNCc1cccc2ccccc12)NCC(F)(F)F. The van der Waals surface area contributed by atoms with Crippen LogP contribution in [0, 0.1) is 0 Å². The minimum Gasteiger partial charge on any atom is -0.346 e. The summed E-state index contributed by atoms with van der Waals surface area (Å²) in [6, 6.07) is 13.6. The molecule has 1 amide bonds.